The molecule has 0 bridgehead atoms. The summed E-state index contributed by atoms with van der Waals surface area (Å²) in [6, 6.07) is 17.8. The highest BCUT2D eigenvalue weighted by molar-refractivity contribution is 5.96. The van der Waals surface area contributed by atoms with Gasteiger partial charge in [-0.1, -0.05) is 30.3 Å². The highest BCUT2D eigenvalue weighted by Crippen LogP contribution is 2.28. The van der Waals surface area contributed by atoms with Gasteiger partial charge in [0.2, 0.25) is 0 Å². The Morgan fingerprint density at radius 1 is 0.920 bits per heavy atom. The number of aromatic nitrogens is 3. The summed E-state index contributed by atoms with van der Waals surface area (Å²) in [4.78, 5) is 16.8. The molecule has 4 rings (SSSR count). The Kier molecular flexibility index (Phi) is 3.84. The molecule has 0 aliphatic rings. The van der Waals surface area contributed by atoms with Crippen molar-refractivity contribution in [2.45, 2.75) is 0 Å². The molecule has 0 spiro atoms. The average Bonchev–Trinajstić information content (AvgIpc) is 3.13. The van der Waals surface area contributed by atoms with E-state index >= 15 is 0 Å². The molecule has 0 saturated carbocycles. The Morgan fingerprint density at radius 3 is 2.60 bits per heavy atom. The Balaban J connectivity index is 1.63. The summed E-state index contributed by atoms with van der Waals surface area (Å²) in [5.41, 5.74) is 0.888. The number of hydrogen-bond donors (Lipinski definition) is 1. The van der Waals surface area contributed by atoms with E-state index in [0.717, 1.165) is 0 Å². The van der Waals surface area contributed by atoms with E-state index < -0.39 is 5.97 Å². The van der Waals surface area contributed by atoms with Crippen molar-refractivity contribution in [3.05, 3.63) is 78.6 Å². The van der Waals surface area contributed by atoms with Gasteiger partial charge in [0.05, 0.1) is 11.6 Å². The van der Waals surface area contributed by atoms with Gasteiger partial charge in [-0.15, -0.1) is 0 Å². The molecule has 6 nitrogen and oxygen atoms in total. The maximum Gasteiger partial charge on any atom is 0.347 e. The third kappa shape index (κ3) is 3.05. The van der Waals surface area contributed by atoms with Gasteiger partial charge in [-0.05, 0) is 24.3 Å². The van der Waals surface area contributed by atoms with Crippen molar-refractivity contribution in [2.24, 2.45) is 0 Å². The van der Waals surface area contributed by atoms with Crippen LogP contribution in [0.2, 0.25) is 0 Å². The lowest BCUT2D eigenvalue weighted by Gasteiger charge is -2.11. The molecule has 2 aromatic heterocycles. The van der Waals surface area contributed by atoms with Crippen LogP contribution in [0.4, 0.5) is 0 Å². The number of rotatable bonds is 4. The van der Waals surface area contributed by atoms with E-state index in [1.54, 1.807) is 42.7 Å². The maximum absolute atomic E-state index is 12.6. The molecule has 0 saturated heterocycles. The second-order valence-electron chi connectivity index (χ2n) is 5.24. The van der Waals surface area contributed by atoms with E-state index in [1.807, 2.05) is 30.3 Å². The van der Waals surface area contributed by atoms with E-state index in [2.05, 4.69) is 15.2 Å². The van der Waals surface area contributed by atoms with Gasteiger partial charge in [-0.2, -0.15) is 5.10 Å². The average molecular weight is 331 g/mol. The van der Waals surface area contributed by atoms with E-state index in [9.17, 15) is 4.79 Å². The Hall–Kier alpha value is -3.67. The van der Waals surface area contributed by atoms with Crippen LogP contribution in [0, 0.1) is 0 Å². The van der Waals surface area contributed by atoms with Gasteiger partial charge in [0.1, 0.15) is 22.8 Å². The summed E-state index contributed by atoms with van der Waals surface area (Å²) in [7, 11) is 0. The molecular weight excluding hydrogens is 318 g/mol. The first kappa shape index (κ1) is 14.9. The van der Waals surface area contributed by atoms with Gasteiger partial charge in [-0.25, -0.2) is 9.78 Å². The number of para-hydroxylation sites is 2. The molecular formula is C19H13N3O3. The normalized spacial score (nSPS) is 10.6. The van der Waals surface area contributed by atoms with Crippen molar-refractivity contribution in [3.8, 4) is 17.2 Å². The van der Waals surface area contributed by atoms with Crippen LogP contribution in [-0.2, 0) is 0 Å². The molecule has 2 aromatic carbocycles. The molecule has 0 aliphatic carbocycles. The monoisotopic (exact) mass is 331 g/mol. The van der Waals surface area contributed by atoms with Crippen molar-refractivity contribution >= 4 is 17.0 Å². The van der Waals surface area contributed by atoms with E-state index in [4.69, 9.17) is 9.47 Å². The Bertz CT molecular complexity index is 1030. The first-order valence-corrected chi connectivity index (χ1v) is 7.63. The minimum Gasteiger partial charge on any atom is -0.456 e. The summed E-state index contributed by atoms with van der Waals surface area (Å²) < 4.78 is 11.3. The van der Waals surface area contributed by atoms with Crippen LogP contribution in [0.3, 0.4) is 0 Å². The number of benzene rings is 2. The quantitative estimate of drug-likeness (QED) is 0.573. The van der Waals surface area contributed by atoms with Crippen LogP contribution in [0.1, 0.15) is 10.4 Å². The molecule has 0 unspecified atom stereocenters. The van der Waals surface area contributed by atoms with E-state index in [-0.39, 0.29) is 0 Å². The number of ether oxygens (including phenoxy) is 2. The maximum atomic E-state index is 12.6. The number of fused-ring (bicyclic) bond motifs is 1. The fourth-order valence-corrected chi connectivity index (χ4v) is 2.41. The zero-order valence-electron chi connectivity index (χ0n) is 13.0. The molecule has 2 heterocycles. The Morgan fingerprint density at radius 2 is 1.72 bits per heavy atom. The number of nitrogens with one attached hydrogen (secondary N) is 1. The van der Waals surface area contributed by atoms with Crippen LogP contribution < -0.4 is 9.47 Å². The molecule has 4 aromatic rings. The predicted octanol–water partition coefficient (Wildman–Crippen LogP) is 3.97. The summed E-state index contributed by atoms with van der Waals surface area (Å²) >= 11 is 0. The van der Waals surface area contributed by atoms with Crippen LogP contribution in [0.25, 0.3) is 11.0 Å². The smallest absolute Gasteiger partial charge is 0.347 e. The predicted molar refractivity (Wildman–Crippen MR) is 91.8 cm³/mol. The second-order valence-corrected chi connectivity index (χ2v) is 5.24. The fraction of sp³-hybridized carbons (Fsp3) is 0. The van der Waals surface area contributed by atoms with Gasteiger partial charge in [-0.3, -0.25) is 5.10 Å². The molecule has 0 radical (unpaired) electrons. The number of nitrogens with zero attached hydrogens (tertiary/aromatic N) is 2. The third-order valence-corrected chi connectivity index (χ3v) is 3.59. The number of carbonyl (C=O) groups excluding carboxylic acids is 1. The highest BCUT2D eigenvalue weighted by atomic mass is 16.5. The SMILES string of the molecule is O=C(Oc1ccnc2[nH]ncc12)c1ccccc1Oc1ccccc1. The summed E-state index contributed by atoms with van der Waals surface area (Å²) in [6.45, 7) is 0. The lowest BCUT2D eigenvalue weighted by molar-refractivity contribution is 0.0734. The van der Waals surface area contributed by atoms with Crippen molar-refractivity contribution < 1.29 is 14.3 Å². The number of esters is 1. The van der Waals surface area contributed by atoms with Gasteiger partial charge >= 0.3 is 5.97 Å². The standard InChI is InChI=1S/C19H13N3O3/c23-19(25-17-10-11-20-18-15(17)12-21-22-18)14-8-4-5-9-16(14)24-13-6-2-1-3-7-13/h1-12H,(H,20,21,22). The summed E-state index contributed by atoms with van der Waals surface area (Å²) in [5, 5.41) is 7.29. The van der Waals surface area contributed by atoms with Crippen molar-refractivity contribution in [1.29, 1.82) is 0 Å². The van der Waals surface area contributed by atoms with E-state index in [0.29, 0.717) is 33.8 Å². The number of hydrogen-bond acceptors (Lipinski definition) is 5. The van der Waals surface area contributed by atoms with Gasteiger partial charge in [0.15, 0.2) is 5.65 Å². The molecule has 0 aliphatic heterocycles. The number of H-pyrrole nitrogens is 1. The summed E-state index contributed by atoms with van der Waals surface area (Å²) in [6.07, 6.45) is 3.12. The van der Waals surface area contributed by atoms with Crippen LogP contribution in [0.5, 0.6) is 17.2 Å². The first-order valence-electron chi connectivity index (χ1n) is 7.63. The molecule has 0 atom stereocenters. The van der Waals surface area contributed by atoms with Crippen LogP contribution in [0.15, 0.2) is 73.1 Å². The number of pyridine rings is 1. The fourth-order valence-electron chi connectivity index (χ4n) is 2.41. The third-order valence-electron chi connectivity index (χ3n) is 3.59. The molecule has 1 N–H and O–H groups in total. The summed E-state index contributed by atoms with van der Waals surface area (Å²) in [5.74, 6) is 0.943. The topological polar surface area (TPSA) is 77.1 Å². The molecule has 6 heteroatoms. The molecule has 0 amide bonds. The minimum atomic E-state index is -0.514. The van der Waals surface area contributed by atoms with E-state index in [1.165, 1.54) is 0 Å². The lowest BCUT2D eigenvalue weighted by Crippen LogP contribution is -2.10. The molecule has 122 valence electrons. The zero-order chi connectivity index (χ0) is 17.1. The highest BCUT2D eigenvalue weighted by Gasteiger charge is 2.17. The van der Waals surface area contributed by atoms with Crippen LogP contribution >= 0.6 is 0 Å². The first-order chi connectivity index (χ1) is 12.3. The number of aromatic amines is 1. The lowest BCUT2D eigenvalue weighted by atomic mass is 10.2. The number of carbonyl (C=O) groups is 1. The van der Waals surface area contributed by atoms with Crippen LogP contribution in [-0.4, -0.2) is 21.2 Å². The van der Waals surface area contributed by atoms with Gasteiger partial charge < -0.3 is 9.47 Å². The van der Waals surface area contributed by atoms with Crippen molar-refractivity contribution in [1.82, 2.24) is 15.2 Å². The van der Waals surface area contributed by atoms with Gasteiger partial charge in [0.25, 0.3) is 0 Å². The van der Waals surface area contributed by atoms with Crippen molar-refractivity contribution in [2.75, 3.05) is 0 Å². The van der Waals surface area contributed by atoms with Crippen molar-refractivity contribution in [3.63, 3.8) is 0 Å². The zero-order valence-corrected chi connectivity index (χ0v) is 13.0. The Labute approximate surface area is 143 Å². The largest absolute Gasteiger partial charge is 0.456 e. The molecule has 0 fully saturated rings. The van der Waals surface area contributed by atoms with Gasteiger partial charge in [0, 0.05) is 12.3 Å². The minimum absolute atomic E-state index is 0.333. The molecule has 25 heavy (non-hydrogen) atoms. The second kappa shape index (κ2) is 6.45.